The Hall–Kier alpha value is -2.85. The molecule has 10 heteroatoms. The number of thioether (sulfide) groups is 1. The topological polar surface area (TPSA) is 89.3 Å². The molecule has 2 heterocycles. The van der Waals surface area contributed by atoms with Crippen LogP contribution in [-0.2, 0) is 28.9 Å². The first-order valence-electron chi connectivity index (χ1n) is 11.3. The summed E-state index contributed by atoms with van der Waals surface area (Å²) in [6.07, 6.45) is 3.93. The van der Waals surface area contributed by atoms with Crippen LogP contribution in [0.2, 0.25) is 0 Å². The highest BCUT2D eigenvalue weighted by atomic mass is 32.2. The second-order valence-corrected chi connectivity index (χ2v) is 10.3. The SMILES string of the molecule is CCn1c(SCC(=O)Nc2sc3c(c2C(=O)OC)CCCC3)nnc1-c1cccc(N(C)C)c1. The molecule has 0 fully saturated rings. The van der Waals surface area contributed by atoms with Gasteiger partial charge in [-0.2, -0.15) is 0 Å². The molecule has 34 heavy (non-hydrogen) atoms. The monoisotopic (exact) mass is 499 g/mol. The Morgan fingerprint density at radius 3 is 2.76 bits per heavy atom. The molecule has 1 aromatic carbocycles. The van der Waals surface area contributed by atoms with Crippen molar-refractivity contribution < 1.29 is 14.3 Å². The Balaban J connectivity index is 1.49. The number of fused-ring (bicyclic) bond motifs is 1. The summed E-state index contributed by atoms with van der Waals surface area (Å²) in [5.74, 6) is 0.361. The molecule has 2 aromatic heterocycles. The predicted molar refractivity (Wildman–Crippen MR) is 137 cm³/mol. The van der Waals surface area contributed by atoms with Crippen LogP contribution in [0.25, 0.3) is 11.4 Å². The van der Waals surface area contributed by atoms with Crippen molar-refractivity contribution in [2.24, 2.45) is 0 Å². The molecule has 180 valence electrons. The summed E-state index contributed by atoms with van der Waals surface area (Å²) in [5, 5.41) is 12.9. The molecule has 0 spiro atoms. The molecule has 0 saturated carbocycles. The van der Waals surface area contributed by atoms with Gasteiger partial charge in [-0.15, -0.1) is 21.5 Å². The average Bonchev–Trinajstić information content (AvgIpc) is 3.42. The van der Waals surface area contributed by atoms with Crippen LogP contribution >= 0.6 is 23.1 Å². The van der Waals surface area contributed by atoms with Gasteiger partial charge >= 0.3 is 5.97 Å². The van der Waals surface area contributed by atoms with E-state index < -0.39 is 5.97 Å². The summed E-state index contributed by atoms with van der Waals surface area (Å²) in [7, 11) is 5.37. The summed E-state index contributed by atoms with van der Waals surface area (Å²) in [6, 6.07) is 8.13. The van der Waals surface area contributed by atoms with Gasteiger partial charge in [-0.05, 0) is 50.3 Å². The third kappa shape index (κ3) is 4.97. The van der Waals surface area contributed by atoms with Crippen LogP contribution in [0.15, 0.2) is 29.4 Å². The normalized spacial score (nSPS) is 12.8. The Kier molecular flexibility index (Phi) is 7.57. The van der Waals surface area contributed by atoms with Crippen LogP contribution in [0.5, 0.6) is 0 Å². The fourth-order valence-electron chi connectivity index (χ4n) is 4.08. The van der Waals surface area contributed by atoms with Gasteiger partial charge < -0.3 is 19.5 Å². The van der Waals surface area contributed by atoms with E-state index in [-0.39, 0.29) is 11.7 Å². The first-order chi connectivity index (χ1) is 16.4. The van der Waals surface area contributed by atoms with Crippen LogP contribution in [-0.4, -0.2) is 53.6 Å². The van der Waals surface area contributed by atoms with E-state index in [1.165, 1.54) is 35.1 Å². The summed E-state index contributed by atoms with van der Waals surface area (Å²) >= 11 is 2.82. The van der Waals surface area contributed by atoms with E-state index in [2.05, 4.69) is 21.6 Å². The number of esters is 1. The molecule has 3 aromatic rings. The number of anilines is 2. The highest BCUT2D eigenvalue weighted by Gasteiger charge is 2.27. The number of amides is 1. The second-order valence-electron chi connectivity index (χ2n) is 8.24. The molecule has 0 radical (unpaired) electrons. The number of nitrogens with zero attached hydrogens (tertiary/aromatic N) is 4. The van der Waals surface area contributed by atoms with E-state index in [0.717, 1.165) is 48.3 Å². The number of aryl methyl sites for hydroxylation is 1. The first-order valence-corrected chi connectivity index (χ1v) is 13.1. The number of carbonyl (C=O) groups excluding carboxylic acids is 2. The molecule has 0 saturated heterocycles. The molecule has 1 N–H and O–H groups in total. The van der Waals surface area contributed by atoms with Crippen molar-refractivity contribution in [2.45, 2.75) is 44.3 Å². The summed E-state index contributed by atoms with van der Waals surface area (Å²) in [6.45, 7) is 2.72. The lowest BCUT2D eigenvalue weighted by Crippen LogP contribution is -2.17. The van der Waals surface area contributed by atoms with E-state index in [0.29, 0.717) is 22.3 Å². The maximum atomic E-state index is 12.8. The lowest BCUT2D eigenvalue weighted by Gasteiger charge is -2.14. The number of thiophene rings is 1. The maximum absolute atomic E-state index is 12.8. The average molecular weight is 500 g/mol. The smallest absolute Gasteiger partial charge is 0.341 e. The molecule has 4 rings (SSSR count). The minimum Gasteiger partial charge on any atom is -0.465 e. The zero-order chi connectivity index (χ0) is 24.2. The van der Waals surface area contributed by atoms with E-state index in [9.17, 15) is 9.59 Å². The van der Waals surface area contributed by atoms with E-state index in [1.54, 1.807) is 0 Å². The van der Waals surface area contributed by atoms with Crippen molar-refractivity contribution in [1.29, 1.82) is 0 Å². The zero-order valence-electron chi connectivity index (χ0n) is 19.9. The van der Waals surface area contributed by atoms with Crippen molar-refractivity contribution in [3.8, 4) is 11.4 Å². The Bertz CT molecular complexity index is 1200. The summed E-state index contributed by atoms with van der Waals surface area (Å²) < 4.78 is 7.01. The Labute approximate surface area is 207 Å². The Morgan fingerprint density at radius 2 is 2.03 bits per heavy atom. The van der Waals surface area contributed by atoms with Gasteiger partial charge in [0.05, 0.1) is 18.4 Å². The van der Waals surface area contributed by atoms with Gasteiger partial charge in [0.1, 0.15) is 5.00 Å². The van der Waals surface area contributed by atoms with Crippen molar-refractivity contribution in [2.75, 3.05) is 37.2 Å². The van der Waals surface area contributed by atoms with Crippen molar-refractivity contribution in [3.05, 3.63) is 40.3 Å². The lowest BCUT2D eigenvalue weighted by molar-refractivity contribution is -0.113. The second kappa shape index (κ2) is 10.6. The number of nitrogens with one attached hydrogen (secondary N) is 1. The molecule has 8 nitrogen and oxygen atoms in total. The van der Waals surface area contributed by atoms with Crippen LogP contribution in [0, 0.1) is 0 Å². The third-order valence-electron chi connectivity index (χ3n) is 5.80. The van der Waals surface area contributed by atoms with Gasteiger partial charge in [0.25, 0.3) is 0 Å². The van der Waals surface area contributed by atoms with Crippen molar-refractivity contribution in [3.63, 3.8) is 0 Å². The lowest BCUT2D eigenvalue weighted by atomic mass is 9.95. The molecule has 1 aliphatic rings. The third-order valence-corrected chi connectivity index (χ3v) is 7.97. The maximum Gasteiger partial charge on any atom is 0.341 e. The first kappa shape index (κ1) is 24.3. The van der Waals surface area contributed by atoms with E-state index >= 15 is 0 Å². The van der Waals surface area contributed by atoms with Gasteiger partial charge in [0.15, 0.2) is 11.0 Å². The number of aromatic nitrogens is 3. The van der Waals surface area contributed by atoms with Crippen LogP contribution in [0.1, 0.15) is 40.6 Å². The number of carbonyl (C=O) groups is 2. The van der Waals surface area contributed by atoms with Gasteiger partial charge in [0, 0.05) is 36.8 Å². The molecule has 1 aliphatic carbocycles. The van der Waals surface area contributed by atoms with Crippen molar-refractivity contribution in [1.82, 2.24) is 14.8 Å². The number of hydrogen-bond donors (Lipinski definition) is 1. The molecule has 1 amide bonds. The standard InChI is InChI=1S/C24H29N5O3S2/c1-5-29-21(15-9-8-10-16(13-15)28(2)3)26-27-24(29)33-14-19(30)25-22-20(23(31)32-4)17-11-6-7-12-18(17)34-22/h8-10,13H,5-7,11-12,14H2,1-4H3,(H,25,30). The molecular formula is C24H29N5O3S2. The molecule has 0 aliphatic heterocycles. The van der Waals surface area contributed by atoms with Gasteiger partial charge in [-0.1, -0.05) is 23.9 Å². The number of benzene rings is 1. The Morgan fingerprint density at radius 1 is 1.24 bits per heavy atom. The minimum atomic E-state index is -0.391. The fourth-order valence-corrected chi connectivity index (χ4v) is 6.18. The van der Waals surface area contributed by atoms with Gasteiger partial charge in [-0.3, -0.25) is 4.79 Å². The number of methoxy groups -OCH3 is 1. The quantitative estimate of drug-likeness (QED) is 0.361. The van der Waals surface area contributed by atoms with Crippen LogP contribution < -0.4 is 10.2 Å². The van der Waals surface area contributed by atoms with E-state index in [4.69, 9.17) is 4.74 Å². The highest BCUT2D eigenvalue weighted by Crippen LogP contribution is 2.38. The molecule has 0 atom stereocenters. The number of ether oxygens (including phenoxy) is 1. The minimum absolute atomic E-state index is 0.166. The van der Waals surface area contributed by atoms with Crippen molar-refractivity contribution >= 4 is 45.7 Å². The van der Waals surface area contributed by atoms with Crippen LogP contribution in [0.3, 0.4) is 0 Å². The number of rotatable bonds is 8. The molecule has 0 unspecified atom stereocenters. The largest absolute Gasteiger partial charge is 0.465 e. The predicted octanol–water partition coefficient (Wildman–Crippen LogP) is 4.49. The zero-order valence-corrected chi connectivity index (χ0v) is 21.5. The molecular weight excluding hydrogens is 470 g/mol. The fraction of sp³-hybridized carbons (Fsp3) is 0.417. The summed E-state index contributed by atoms with van der Waals surface area (Å²) in [4.78, 5) is 28.4. The van der Waals surface area contributed by atoms with Gasteiger partial charge in [-0.25, -0.2) is 4.79 Å². The van der Waals surface area contributed by atoms with Gasteiger partial charge in [0.2, 0.25) is 5.91 Å². The number of hydrogen-bond acceptors (Lipinski definition) is 8. The summed E-state index contributed by atoms with van der Waals surface area (Å²) in [5.41, 5.74) is 3.60. The van der Waals surface area contributed by atoms with E-state index in [1.807, 2.05) is 48.7 Å². The van der Waals surface area contributed by atoms with Crippen LogP contribution in [0.4, 0.5) is 10.7 Å². The molecule has 0 bridgehead atoms. The highest BCUT2D eigenvalue weighted by molar-refractivity contribution is 7.99.